The highest BCUT2D eigenvalue weighted by Crippen LogP contribution is 2.29. The van der Waals surface area contributed by atoms with Crippen molar-refractivity contribution in [1.29, 1.82) is 0 Å². The molecule has 2 aromatic heterocycles. The number of nitrogens with one attached hydrogen (secondary N) is 1. The molecule has 0 radical (unpaired) electrons. The number of ether oxygens (including phenoxy) is 1. The zero-order valence-corrected chi connectivity index (χ0v) is 15.5. The molecule has 0 unspecified atom stereocenters. The molecule has 0 atom stereocenters. The molecule has 1 amide bonds. The predicted molar refractivity (Wildman–Crippen MR) is 108 cm³/mol. The molecule has 0 aliphatic heterocycles. The number of aromatic nitrogens is 2. The van der Waals surface area contributed by atoms with E-state index in [1.165, 1.54) is 11.3 Å². The molecule has 4 rings (SSSR count). The van der Waals surface area contributed by atoms with Gasteiger partial charge >= 0.3 is 0 Å². The number of hydrogen-bond acceptors (Lipinski definition) is 5. The number of hydrogen-bond donors (Lipinski definition) is 1. The number of carbonyl (C=O) groups excluding carboxylic acids is 1. The molecule has 4 aromatic rings. The summed E-state index contributed by atoms with van der Waals surface area (Å²) in [4.78, 5) is 20.8. The van der Waals surface area contributed by atoms with E-state index in [0.29, 0.717) is 11.6 Å². The van der Waals surface area contributed by atoms with Crippen LogP contribution in [0.4, 0.5) is 5.13 Å². The molecule has 2 heterocycles. The molecule has 134 valence electrons. The van der Waals surface area contributed by atoms with Crippen LogP contribution in [0.25, 0.3) is 21.3 Å². The average Bonchev–Trinajstić information content (AvgIpc) is 3.10. The fourth-order valence-corrected chi connectivity index (χ4v) is 3.70. The van der Waals surface area contributed by atoms with Crippen molar-refractivity contribution in [3.63, 3.8) is 0 Å². The van der Waals surface area contributed by atoms with E-state index >= 15 is 0 Å². The quantitative estimate of drug-likeness (QED) is 0.556. The molecule has 0 saturated carbocycles. The number of amides is 1. The monoisotopic (exact) mass is 375 g/mol. The van der Waals surface area contributed by atoms with Gasteiger partial charge in [-0.3, -0.25) is 9.78 Å². The highest BCUT2D eigenvalue weighted by Gasteiger charge is 2.10. The topological polar surface area (TPSA) is 64.1 Å². The van der Waals surface area contributed by atoms with E-state index in [9.17, 15) is 4.79 Å². The Morgan fingerprint density at radius 3 is 2.52 bits per heavy atom. The fraction of sp³-hybridized carbons (Fsp3) is 0.0952. The fourth-order valence-electron chi connectivity index (χ4n) is 2.79. The first-order valence-corrected chi connectivity index (χ1v) is 9.27. The van der Waals surface area contributed by atoms with Crippen molar-refractivity contribution in [2.24, 2.45) is 0 Å². The van der Waals surface area contributed by atoms with E-state index in [1.54, 1.807) is 19.5 Å². The first kappa shape index (κ1) is 17.2. The second-order valence-electron chi connectivity index (χ2n) is 6.01. The van der Waals surface area contributed by atoms with E-state index in [0.717, 1.165) is 32.7 Å². The number of rotatable bonds is 5. The number of thiazole rings is 1. The molecular formula is C21H17N3O2S. The zero-order chi connectivity index (χ0) is 18.6. The Balaban J connectivity index is 1.43. The third kappa shape index (κ3) is 3.96. The number of nitrogens with zero attached hydrogens (tertiary/aromatic N) is 2. The van der Waals surface area contributed by atoms with Crippen LogP contribution in [0, 0.1) is 0 Å². The number of methoxy groups -OCH3 is 1. The van der Waals surface area contributed by atoms with Crippen LogP contribution < -0.4 is 10.1 Å². The van der Waals surface area contributed by atoms with Gasteiger partial charge in [-0.05, 0) is 47.0 Å². The first-order chi connectivity index (χ1) is 13.2. The van der Waals surface area contributed by atoms with Crippen molar-refractivity contribution in [2.75, 3.05) is 12.4 Å². The van der Waals surface area contributed by atoms with Crippen LogP contribution in [0.5, 0.6) is 5.75 Å². The van der Waals surface area contributed by atoms with Crippen LogP contribution in [-0.2, 0) is 11.2 Å². The summed E-state index contributed by atoms with van der Waals surface area (Å²) in [7, 11) is 1.63. The first-order valence-electron chi connectivity index (χ1n) is 8.45. The van der Waals surface area contributed by atoms with E-state index in [1.807, 2.05) is 54.6 Å². The van der Waals surface area contributed by atoms with Gasteiger partial charge in [-0.1, -0.05) is 35.6 Å². The van der Waals surface area contributed by atoms with Gasteiger partial charge in [0.2, 0.25) is 5.91 Å². The van der Waals surface area contributed by atoms with Gasteiger partial charge in [0, 0.05) is 12.4 Å². The molecule has 0 spiro atoms. The number of fused-ring (bicyclic) bond motifs is 1. The minimum Gasteiger partial charge on any atom is -0.497 e. The summed E-state index contributed by atoms with van der Waals surface area (Å²) < 4.78 is 6.20. The Labute approximate surface area is 160 Å². The lowest BCUT2D eigenvalue weighted by Gasteiger charge is -2.04. The van der Waals surface area contributed by atoms with Crippen LogP contribution in [0.1, 0.15) is 5.56 Å². The molecule has 0 aliphatic carbocycles. The predicted octanol–water partition coefficient (Wildman–Crippen LogP) is 4.55. The second-order valence-corrected chi connectivity index (χ2v) is 7.04. The summed E-state index contributed by atoms with van der Waals surface area (Å²) in [6.07, 6.45) is 3.84. The van der Waals surface area contributed by atoms with E-state index in [4.69, 9.17) is 4.74 Å². The van der Waals surface area contributed by atoms with Gasteiger partial charge in [-0.15, -0.1) is 0 Å². The van der Waals surface area contributed by atoms with Gasteiger partial charge < -0.3 is 10.1 Å². The van der Waals surface area contributed by atoms with Crippen molar-refractivity contribution in [1.82, 2.24) is 9.97 Å². The Kier molecular flexibility index (Phi) is 4.80. The van der Waals surface area contributed by atoms with Gasteiger partial charge in [-0.25, -0.2) is 4.98 Å². The zero-order valence-electron chi connectivity index (χ0n) is 14.7. The Morgan fingerprint density at radius 1 is 1.04 bits per heavy atom. The number of benzene rings is 2. The lowest BCUT2D eigenvalue weighted by atomic mass is 10.0. The third-order valence-corrected chi connectivity index (χ3v) is 5.11. The summed E-state index contributed by atoms with van der Waals surface area (Å²) in [6.45, 7) is 0. The average molecular weight is 375 g/mol. The van der Waals surface area contributed by atoms with Crippen LogP contribution in [0.2, 0.25) is 0 Å². The standard InChI is InChI=1S/C21H17N3O2S/c1-26-17-6-7-18-19(13-17)27-21(23-18)24-20(25)12-14-2-4-15(5-3-14)16-8-10-22-11-9-16/h2-11,13H,12H2,1H3,(H,23,24,25). The maximum Gasteiger partial charge on any atom is 0.230 e. The smallest absolute Gasteiger partial charge is 0.230 e. The highest BCUT2D eigenvalue weighted by molar-refractivity contribution is 7.22. The van der Waals surface area contributed by atoms with Crippen molar-refractivity contribution in [3.8, 4) is 16.9 Å². The Bertz CT molecular complexity index is 1080. The van der Waals surface area contributed by atoms with Crippen molar-refractivity contribution >= 4 is 32.6 Å². The van der Waals surface area contributed by atoms with Crippen LogP contribution in [0.3, 0.4) is 0 Å². The molecule has 0 bridgehead atoms. The van der Waals surface area contributed by atoms with Gasteiger partial charge in [0.1, 0.15) is 5.75 Å². The van der Waals surface area contributed by atoms with Crippen molar-refractivity contribution < 1.29 is 9.53 Å². The molecule has 6 heteroatoms. The van der Waals surface area contributed by atoms with Crippen LogP contribution in [-0.4, -0.2) is 23.0 Å². The number of carbonyl (C=O) groups is 1. The molecule has 0 aliphatic rings. The SMILES string of the molecule is COc1ccc2nc(NC(=O)Cc3ccc(-c4ccncc4)cc3)sc2c1. The molecule has 27 heavy (non-hydrogen) atoms. The summed E-state index contributed by atoms with van der Waals surface area (Å²) >= 11 is 1.44. The molecule has 5 nitrogen and oxygen atoms in total. The highest BCUT2D eigenvalue weighted by atomic mass is 32.1. The maximum atomic E-state index is 12.4. The molecule has 0 fully saturated rings. The largest absolute Gasteiger partial charge is 0.497 e. The summed E-state index contributed by atoms with van der Waals surface area (Å²) in [5.41, 5.74) is 4.00. The van der Waals surface area contributed by atoms with Crippen LogP contribution >= 0.6 is 11.3 Å². The van der Waals surface area contributed by atoms with Gasteiger partial charge in [0.15, 0.2) is 5.13 Å². The maximum absolute atomic E-state index is 12.4. The van der Waals surface area contributed by atoms with Gasteiger partial charge in [-0.2, -0.15) is 0 Å². The normalized spacial score (nSPS) is 10.7. The van der Waals surface area contributed by atoms with E-state index < -0.39 is 0 Å². The number of pyridine rings is 1. The third-order valence-electron chi connectivity index (χ3n) is 4.17. The van der Waals surface area contributed by atoms with Crippen molar-refractivity contribution in [2.45, 2.75) is 6.42 Å². The second kappa shape index (κ2) is 7.55. The number of anilines is 1. The Morgan fingerprint density at radius 2 is 1.78 bits per heavy atom. The molecular weight excluding hydrogens is 358 g/mol. The lowest BCUT2D eigenvalue weighted by Crippen LogP contribution is -2.14. The summed E-state index contributed by atoms with van der Waals surface area (Å²) in [6, 6.07) is 17.6. The summed E-state index contributed by atoms with van der Waals surface area (Å²) in [5, 5.41) is 3.48. The lowest BCUT2D eigenvalue weighted by molar-refractivity contribution is -0.115. The molecule has 0 saturated heterocycles. The molecule has 1 N–H and O–H groups in total. The molecule has 2 aromatic carbocycles. The Hall–Kier alpha value is -3.25. The van der Waals surface area contributed by atoms with E-state index in [-0.39, 0.29) is 5.91 Å². The van der Waals surface area contributed by atoms with Gasteiger partial charge in [0.05, 0.1) is 23.7 Å². The van der Waals surface area contributed by atoms with Gasteiger partial charge in [0.25, 0.3) is 0 Å². The van der Waals surface area contributed by atoms with E-state index in [2.05, 4.69) is 15.3 Å². The summed E-state index contributed by atoms with van der Waals surface area (Å²) in [5.74, 6) is 0.691. The minimum absolute atomic E-state index is 0.0855. The van der Waals surface area contributed by atoms with Crippen molar-refractivity contribution in [3.05, 3.63) is 72.6 Å². The minimum atomic E-state index is -0.0855. The van der Waals surface area contributed by atoms with Crippen LogP contribution in [0.15, 0.2) is 67.0 Å².